The molecule has 0 bridgehead atoms. The van der Waals surface area contributed by atoms with Crippen molar-refractivity contribution in [2.45, 2.75) is 20.4 Å². The second-order valence-corrected chi connectivity index (χ2v) is 4.23. The molecule has 1 aromatic carbocycles. The van der Waals surface area contributed by atoms with Crippen molar-refractivity contribution in [3.05, 3.63) is 30.0 Å². The molecule has 3 aromatic rings. The van der Waals surface area contributed by atoms with Crippen molar-refractivity contribution in [2.75, 3.05) is 5.73 Å². The van der Waals surface area contributed by atoms with Crippen LogP contribution in [0, 0.1) is 6.92 Å². The fraction of sp³-hybridized carbons (Fsp3) is 0.231. The van der Waals surface area contributed by atoms with Crippen molar-refractivity contribution in [1.29, 1.82) is 0 Å². The van der Waals surface area contributed by atoms with E-state index in [2.05, 4.69) is 10.1 Å². The van der Waals surface area contributed by atoms with Crippen molar-refractivity contribution in [1.82, 2.24) is 14.8 Å². The van der Waals surface area contributed by atoms with Crippen LogP contribution >= 0.6 is 0 Å². The van der Waals surface area contributed by atoms with E-state index in [0.29, 0.717) is 11.6 Å². The molecule has 0 fully saturated rings. The summed E-state index contributed by atoms with van der Waals surface area (Å²) in [7, 11) is 0. The summed E-state index contributed by atoms with van der Waals surface area (Å²) in [6.07, 6.45) is 0. The Morgan fingerprint density at radius 3 is 2.94 bits per heavy atom. The molecule has 5 nitrogen and oxygen atoms in total. The van der Waals surface area contributed by atoms with Crippen molar-refractivity contribution in [3.8, 4) is 11.6 Å². The number of hydrogen-bond donors (Lipinski definition) is 1. The monoisotopic (exact) mass is 242 g/mol. The topological polar surface area (TPSA) is 69.9 Å². The van der Waals surface area contributed by atoms with Gasteiger partial charge in [0.2, 0.25) is 5.89 Å². The summed E-state index contributed by atoms with van der Waals surface area (Å²) in [6.45, 7) is 4.77. The molecule has 0 spiro atoms. The first kappa shape index (κ1) is 10.8. The van der Waals surface area contributed by atoms with Gasteiger partial charge in [0.1, 0.15) is 11.2 Å². The Bertz CT molecular complexity index is 711. The van der Waals surface area contributed by atoms with Gasteiger partial charge in [0.05, 0.1) is 5.69 Å². The first-order valence-corrected chi connectivity index (χ1v) is 5.88. The molecule has 18 heavy (non-hydrogen) atoms. The third-order valence-corrected chi connectivity index (χ3v) is 2.83. The molecular weight excluding hydrogens is 228 g/mol. The standard InChI is InChI=1S/C13H14N4O/c1-3-17-11(6-8(2)16-17)13-15-10-7-9(14)4-5-12(10)18-13/h4-7H,3,14H2,1-2H3. The molecule has 92 valence electrons. The smallest absolute Gasteiger partial charge is 0.245 e. The van der Waals surface area contributed by atoms with E-state index in [9.17, 15) is 0 Å². The largest absolute Gasteiger partial charge is 0.435 e. The summed E-state index contributed by atoms with van der Waals surface area (Å²) in [4.78, 5) is 4.46. The van der Waals surface area contributed by atoms with Crippen LogP contribution in [0.1, 0.15) is 12.6 Å². The zero-order valence-electron chi connectivity index (χ0n) is 10.3. The quantitative estimate of drug-likeness (QED) is 0.701. The maximum Gasteiger partial charge on any atom is 0.245 e. The second-order valence-electron chi connectivity index (χ2n) is 4.23. The molecule has 3 rings (SSSR count). The highest BCUT2D eigenvalue weighted by Crippen LogP contribution is 2.26. The fourth-order valence-electron chi connectivity index (χ4n) is 2.01. The number of rotatable bonds is 2. The Kier molecular flexibility index (Phi) is 2.33. The molecule has 0 aliphatic heterocycles. The van der Waals surface area contributed by atoms with Crippen LogP contribution in [0.25, 0.3) is 22.7 Å². The average Bonchev–Trinajstić information content (AvgIpc) is 2.91. The second kappa shape index (κ2) is 3.87. The Labute approximate surface area is 104 Å². The number of benzene rings is 1. The molecule has 0 saturated carbocycles. The van der Waals surface area contributed by atoms with Gasteiger partial charge in [-0.05, 0) is 38.1 Å². The van der Waals surface area contributed by atoms with E-state index in [1.54, 1.807) is 6.07 Å². The summed E-state index contributed by atoms with van der Waals surface area (Å²) in [5, 5.41) is 4.39. The first-order valence-electron chi connectivity index (χ1n) is 5.88. The number of nitrogen functional groups attached to an aromatic ring is 1. The van der Waals surface area contributed by atoms with Crippen LogP contribution in [0.15, 0.2) is 28.7 Å². The highest BCUT2D eigenvalue weighted by atomic mass is 16.3. The number of fused-ring (bicyclic) bond motifs is 1. The third kappa shape index (κ3) is 1.64. The van der Waals surface area contributed by atoms with Gasteiger partial charge in [-0.15, -0.1) is 0 Å². The predicted molar refractivity (Wildman–Crippen MR) is 70.1 cm³/mol. The predicted octanol–water partition coefficient (Wildman–Crippen LogP) is 2.60. The molecule has 0 unspecified atom stereocenters. The fourth-order valence-corrected chi connectivity index (χ4v) is 2.01. The van der Waals surface area contributed by atoms with Crippen molar-refractivity contribution in [3.63, 3.8) is 0 Å². The zero-order valence-corrected chi connectivity index (χ0v) is 10.3. The molecule has 2 N–H and O–H groups in total. The van der Waals surface area contributed by atoms with E-state index in [0.717, 1.165) is 29.0 Å². The van der Waals surface area contributed by atoms with E-state index in [4.69, 9.17) is 10.2 Å². The van der Waals surface area contributed by atoms with Crippen LogP contribution in [0.3, 0.4) is 0 Å². The van der Waals surface area contributed by atoms with Crippen LogP contribution in [-0.2, 0) is 6.54 Å². The molecular formula is C13H14N4O. The van der Waals surface area contributed by atoms with Crippen LogP contribution in [-0.4, -0.2) is 14.8 Å². The third-order valence-electron chi connectivity index (χ3n) is 2.83. The van der Waals surface area contributed by atoms with Gasteiger partial charge in [0.15, 0.2) is 5.58 Å². The molecule has 0 amide bonds. The molecule has 0 saturated heterocycles. The lowest BCUT2D eigenvalue weighted by atomic mass is 10.3. The van der Waals surface area contributed by atoms with Crippen LogP contribution in [0.5, 0.6) is 0 Å². The van der Waals surface area contributed by atoms with Crippen molar-refractivity contribution in [2.24, 2.45) is 0 Å². The Hall–Kier alpha value is -2.30. The van der Waals surface area contributed by atoms with Crippen LogP contribution in [0.2, 0.25) is 0 Å². The van der Waals surface area contributed by atoms with E-state index in [1.165, 1.54) is 0 Å². The van der Waals surface area contributed by atoms with Gasteiger partial charge >= 0.3 is 0 Å². The van der Waals surface area contributed by atoms with Crippen LogP contribution in [0.4, 0.5) is 5.69 Å². The number of nitrogens with two attached hydrogens (primary N) is 1. The molecule has 5 heteroatoms. The summed E-state index contributed by atoms with van der Waals surface area (Å²) < 4.78 is 7.62. The first-order chi connectivity index (χ1) is 8.67. The SMILES string of the molecule is CCn1nc(C)cc1-c1nc2cc(N)ccc2o1. The molecule has 0 aliphatic carbocycles. The number of aromatic nitrogens is 3. The zero-order chi connectivity index (χ0) is 12.7. The number of hydrogen-bond acceptors (Lipinski definition) is 4. The molecule has 2 aromatic heterocycles. The lowest BCUT2D eigenvalue weighted by molar-refractivity contribution is 0.590. The van der Waals surface area contributed by atoms with Crippen LogP contribution < -0.4 is 5.73 Å². The summed E-state index contributed by atoms with van der Waals surface area (Å²) in [5.74, 6) is 0.582. The molecule has 0 radical (unpaired) electrons. The minimum absolute atomic E-state index is 0.582. The Morgan fingerprint density at radius 2 is 2.17 bits per heavy atom. The van der Waals surface area contributed by atoms with Gasteiger partial charge < -0.3 is 10.2 Å². The summed E-state index contributed by atoms with van der Waals surface area (Å²) in [6, 6.07) is 7.42. The minimum Gasteiger partial charge on any atom is -0.435 e. The normalized spacial score (nSPS) is 11.2. The van der Waals surface area contributed by atoms with E-state index in [-0.39, 0.29) is 0 Å². The summed E-state index contributed by atoms with van der Waals surface area (Å²) >= 11 is 0. The Morgan fingerprint density at radius 1 is 1.33 bits per heavy atom. The van der Waals surface area contributed by atoms with Crippen molar-refractivity contribution >= 4 is 16.8 Å². The van der Waals surface area contributed by atoms with Gasteiger partial charge in [0.25, 0.3) is 0 Å². The van der Waals surface area contributed by atoms with Gasteiger partial charge in [0, 0.05) is 12.2 Å². The minimum atomic E-state index is 0.582. The van der Waals surface area contributed by atoms with Crippen molar-refractivity contribution < 1.29 is 4.42 Å². The molecule has 0 aliphatic rings. The number of aryl methyl sites for hydroxylation is 2. The van der Waals surface area contributed by atoms with Gasteiger partial charge in [-0.2, -0.15) is 5.10 Å². The number of anilines is 1. The van der Waals surface area contributed by atoms with Gasteiger partial charge in [-0.25, -0.2) is 4.98 Å². The lowest BCUT2D eigenvalue weighted by Gasteiger charge is -1.98. The Balaban J connectivity index is 2.18. The number of nitrogens with zero attached hydrogens (tertiary/aromatic N) is 3. The highest BCUT2D eigenvalue weighted by molar-refractivity contribution is 5.79. The molecule has 0 atom stereocenters. The highest BCUT2D eigenvalue weighted by Gasteiger charge is 2.13. The molecule has 2 heterocycles. The van der Waals surface area contributed by atoms with E-state index >= 15 is 0 Å². The number of oxazole rings is 1. The maximum absolute atomic E-state index is 5.74. The van der Waals surface area contributed by atoms with E-state index in [1.807, 2.05) is 36.7 Å². The van der Waals surface area contributed by atoms with Gasteiger partial charge in [-0.3, -0.25) is 4.68 Å². The summed E-state index contributed by atoms with van der Waals surface area (Å²) in [5.41, 5.74) is 9.77. The van der Waals surface area contributed by atoms with Gasteiger partial charge in [-0.1, -0.05) is 0 Å². The average molecular weight is 242 g/mol. The maximum atomic E-state index is 5.74. The van der Waals surface area contributed by atoms with E-state index < -0.39 is 0 Å². The lowest BCUT2D eigenvalue weighted by Crippen LogP contribution is -1.99.